The number of likely N-dealkylation sites (tertiary alicyclic amines) is 1. The predicted molar refractivity (Wildman–Crippen MR) is 130 cm³/mol. The van der Waals surface area contributed by atoms with E-state index in [1.807, 2.05) is 6.92 Å². The van der Waals surface area contributed by atoms with Crippen LogP contribution in [0.2, 0.25) is 0 Å². The minimum absolute atomic E-state index is 0.0458. The van der Waals surface area contributed by atoms with Gasteiger partial charge in [-0.15, -0.1) is 0 Å². The van der Waals surface area contributed by atoms with Crippen LogP contribution in [0.5, 0.6) is 5.75 Å². The van der Waals surface area contributed by atoms with E-state index in [1.54, 1.807) is 41.1 Å². The van der Waals surface area contributed by atoms with Gasteiger partial charge in [0, 0.05) is 19.2 Å². The summed E-state index contributed by atoms with van der Waals surface area (Å²) in [4.78, 5) is 45.6. The second kappa shape index (κ2) is 9.44. The number of aryl methyl sites for hydroxylation is 1. The molecule has 1 aliphatic heterocycles. The second-order valence-corrected chi connectivity index (χ2v) is 8.67. The smallest absolute Gasteiger partial charge is 0.328 e. The van der Waals surface area contributed by atoms with E-state index in [-0.39, 0.29) is 30.0 Å². The maximum absolute atomic E-state index is 14.2. The number of nitrogens with zero attached hydrogens (tertiary/aromatic N) is 4. The number of aromatic nitrogens is 3. The molecule has 0 aliphatic carbocycles. The zero-order chi connectivity index (χ0) is 25.4. The van der Waals surface area contributed by atoms with E-state index in [4.69, 9.17) is 9.47 Å². The molecule has 3 aromatic heterocycles. The maximum Gasteiger partial charge on any atom is 0.328 e. The molecule has 0 N–H and O–H groups in total. The molecule has 36 heavy (non-hydrogen) atoms. The summed E-state index contributed by atoms with van der Waals surface area (Å²) in [6.45, 7) is 2.46. The van der Waals surface area contributed by atoms with Gasteiger partial charge in [-0.05, 0) is 36.8 Å². The molecular weight excluding hydrogens is 467 g/mol. The molecule has 1 aliphatic rings. The Morgan fingerprint density at radius 2 is 1.94 bits per heavy atom. The average molecular weight is 493 g/mol. The summed E-state index contributed by atoms with van der Waals surface area (Å²) in [7, 11) is 1.25. The SMILES string of the molecule is CCCn1c(C(=O)N2CC(Oc3ccccc3F)CC2C(=O)OC)cc2c(=O)n3ccccc3nc21. The zero-order valence-electron chi connectivity index (χ0n) is 19.9. The number of carbonyl (C=O) groups is 2. The molecule has 0 radical (unpaired) electrons. The normalized spacial score (nSPS) is 17.6. The number of hydrogen-bond acceptors (Lipinski definition) is 6. The van der Waals surface area contributed by atoms with Crippen LogP contribution in [0, 0.1) is 5.82 Å². The van der Waals surface area contributed by atoms with Gasteiger partial charge >= 0.3 is 5.97 Å². The summed E-state index contributed by atoms with van der Waals surface area (Å²) in [6, 6.07) is 11.8. The van der Waals surface area contributed by atoms with Gasteiger partial charge in [0.1, 0.15) is 29.1 Å². The summed E-state index contributed by atoms with van der Waals surface area (Å²) in [5.41, 5.74) is 0.833. The minimum Gasteiger partial charge on any atom is -0.485 e. The first-order valence-electron chi connectivity index (χ1n) is 11.7. The Balaban J connectivity index is 1.55. The van der Waals surface area contributed by atoms with Crippen molar-refractivity contribution in [3.05, 3.63) is 76.6 Å². The van der Waals surface area contributed by atoms with Crippen LogP contribution in [0.1, 0.15) is 30.3 Å². The Hall–Kier alpha value is -4.21. The van der Waals surface area contributed by atoms with Crippen LogP contribution >= 0.6 is 0 Å². The number of ether oxygens (including phenoxy) is 2. The van der Waals surface area contributed by atoms with E-state index >= 15 is 0 Å². The molecule has 0 saturated carbocycles. The van der Waals surface area contributed by atoms with Crippen molar-refractivity contribution in [3.63, 3.8) is 0 Å². The minimum atomic E-state index is -0.916. The Morgan fingerprint density at radius 1 is 1.17 bits per heavy atom. The number of para-hydroxylation sites is 1. The molecule has 4 heterocycles. The lowest BCUT2D eigenvalue weighted by molar-refractivity contribution is -0.145. The largest absolute Gasteiger partial charge is 0.485 e. The van der Waals surface area contributed by atoms with Gasteiger partial charge in [0.15, 0.2) is 11.6 Å². The van der Waals surface area contributed by atoms with Crippen LogP contribution in [0.15, 0.2) is 59.5 Å². The molecule has 0 bridgehead atoms. The lowest BCUT2D eigenvalue weighted by Crippen LogP contribution is -2.42. The van der Waals surface area contributed by atoms with E-state index in [0.29, 0.717) is 29.6 Å². The third-order valence-corrected chi connectivity index (χ3v) is 6.37. The molecule has 5 rings (SSSR count). The Morgan fingerprint density at radius 3 is 2.69 bits per heavy atom. The van der Waals surface area contributed by atoms with Gasteiger partial charge in [0.25, 0.3) is 11.5 Å². The average Bonchev–Trinajstić information content (AvgIpc) is 3.47. The van der Waals surface area contributed by atoms with Gasteiger partial charge in [-0.2, -0.15) is 0 Å². The Labute approximate surface area is 205 Å². The van der Waals surface area contributed by atoms with Crippen LogP contribution in [-0.4, -0.2) is 56.5 Å². The number of benzene rings is 1. The number of methoxy groups -OCH3 is 1. The molecule has 0 spiro atoms. The van der Waals surface area contributed by atoms with Crippen molar-refractivity contribution in [2.45, 2.75) is 38.5 Å². The van der Waals surface area contributed by atoms with Crippen LogP contribution in [0.25, 0.3) is 16.7 Å². The molecule has 2 atom stereocenters. The quantitative estimate of drug-likeness (QED) is 0.384. The predicted octanol–water partition coefficient (Wildman–Crippen LogP) is 3.03. The number of pyridine rings is 1. The molecule has 4 aromatic rings. The number of carbonyl (C=O) groups excluding carboxylic acids is 2. The van der Waals surface area contributed by atoms with Crippen molar-refractivity contribution in [1.82, 2.24) is 18.9 Å². The van der Waals surface area contributed by atoms with Crippen molar-refractivity contribution in [2.75, 3.05) is 13.7 Å². The van der Waals surface area contributed by atoms with E-state index in [2.05, 4.69) is 4.98 Å². The molecule has 2 unspecified atom stereocenters. The fraction of sp³-hybridized carbons (Fsp3) is 0.308. The summed E-state index contributed by atoms with van der Waals surface area (Å²) < 4.78 is 28.1. The fourth-order valence-electron chi connectivity index (χ4n) is 4.71. The zero-order valence-corrected chi connectivity index (χ0v) is 19.9. The molecule has 1 saturated heterocycles. The van der Waals surface area contributed by atoms with E-state index in [1.165, 1.54) is 34.6 Å². The van der Waals surface area contributed by atoms with Crippen molar-refractivity contribution in [3.8, 4) is 5.75 Å². The van der Waals surface area contributed by atoms with Crippen LogP contribution in [0.4, 0.5) is 4.39 Å². The summed E-state index contributed by atoms with van der Waals surface area (Å²) in [5.74, 6) is -1.53. The van der Waals surface area contributed by atoms with Gasteiger partial charge in [0.05, 0.1) is 19.0 Å². The number of halogens is 1. The first-order chi connectivity index (χ1) is 17.4. The fourth-order valence-corrected chi connectivity index (χ4v) is 4.71. The molecular formula is C26H25FN4O5. The standard InChI is InChI=1S/C26H25FN4O5/c1-3-11-29-19(14-17-23(29)28-22-10-6-7-12-30(22)24(17)32)25(33)31-15-16(13-20(31)26(34)35-2)36-21-9-5-4-8-18(21)27/h4-10,12,14,16,20H,3,11,13,15H2,1-2H3. The van der Waals surface area contributed by atoms with Crippen LogP contribution in [0.3, 0.4) is 0 Å². The molecule has 1 amide bonds. The van der Waals surface area contributed by atoms with Crippen molar-refractivity contribution >= 4 is 28.6 Å². The van der Waals surface area contributed by atoms with E-state index < -0.39 is 29.8 Å². The number of hydrogen-bond donors (Lipinski definition) is 0. The Bertz CT molecular complexity index is 1530. The number of rotatable bonds is 6. The highest BCUT2D eigenvalue weighted by Crippen LogP contribution is 2.28. The van der Waals surface area contributed by atoms with Crippen molar-refractivity contribution < 1.29 is 23.5 Å². The highest BCUT2D eigenvalue weighted by atomic mass is 19.1. The summed E-state index contributed by atoms with van der Waals surface area (Å²) in [6.07, 6.45) is 1.84. The molecule has 1 aromatic carbocycles. The summed E-state index contributed by atoms with van der Waals surface area (Å²) >= 11 is 0. The van der Waals surface area contributed by atoms with Crippen molar-refractivity contribution in [1.29, 1.82) is 0 Å². The third kappa shape index (κ3) is 3.98. The van der Waals surface area contributed by atoms with Gasteiger partial charge in [0.2, 0.25) is 0 Å². The monoisotopic (exact) mass is 492 g/mol. The van der Waals surface area contributed by atoms with E-state index in [9.17, 15) is 18.8 Å². The summed E-state index contributed by atoms with van der Waals surface area (Å²) in [5, 5.41) is 0.309. The lowest BCUT2D eigenvalue weighted by atomic mass is 10.2. The lowest BCUT2D eigenvalue weighted by Gasteiger charge is -2.23. The molecule has 10 heteroatoms. The number of amides is 1. The molecule has 9 nitrogen and oxygen atoms in total. The van der Waals surface area contributed by atoms with Crippen molar-refractivity contribution in [2.24, 2.45) is 0 Å². The number of fused-ring (bicyclic) bond motifs is 2. The third-order valence-electron chi connectivity index (χ3n) is 6.37. The van der Waals surface area contributed by atoms with E-state index in [0.717, 1.165) is 0 Å². The molecule has 1 fully saturated rings. The number of esters is 1. The second-order valence-electron chi connectivity index (χ2n) is 8.67. The topological polar surface area (TPSA) is 95.1 Å². The van der Waals surface area contributed by atoms with Crippen LogP contribution in [-0.2, 0) is 16.1 Å². The van der Waals surface area contributed by atoms with Gasteiger partial charge in [-0.1, -0.05) is 25.1 Å². The van der Waals surface area contributed by atoms with Gasteiger partial charge < -0.3 is 18.9 Å². The Kier molecular flexibility index (Phi) is 6.17. The van der Waals surface area contributed by atoms with Gasteiger partial charge in [-0.3, -0.25) is 14.0 Å². The van der Waals surface area contributed by atoms with Crippen LogP contribution < -0.4 is 10.3 Å². The first kappa shape index (κ1) is 23.5. The maximum atomic E-state index is 14.2. The first-order valence-corrected chi connectivity index (χ1v) is 11.7. The molecule has 186 valence electrons. The highest BCUT2D eigenvalue weighted by Gasteiger charge is 2.43. The highest BCUT2D eigenvalue weighted by molar-refractivity contribution is 6.00. The van der Waals surface area contributed by atoms with Gasteiger partial charge in [-0.25, -0.2) is 14.2 Å².